The first-order valence-corrected chi connectivity index (χ1v) is 3.48. The molecule has 1 heterocycles. The standard InChI is InChI=1S/C9H9N3/c10-8-2-4-9(5-3-8)12-7-1-6-11-12/h1-7H,10H2/i1D,6D,7D. The Hall–Kier alpha value is -1.77. The van der Waals surface area contributed by atoms with Crippen LogP contribution < -0.4 is 5.73 Å². The monoisotopic (exact) mass is 162 g/mol. The Morgan fingerprint density at radius 3 is 2.67 bits per heavy atom. The molecule has 0 spiro atoms. The van der Waals surface area contributed by atoms with Gasteiger partial charge in [-0.1, -0.05) is 0 Å². The third-order valence-corrected chi connectivity index (χ3v) is 1.51. The predicted molar refractivity (Wildman–Crippen MR) is 48.0 cm³/mol. The summed E-state index contributed by atoms with van der Waals surface area (Å²) in [4.78, 5) is 0. The summed E-state index contributed by atoms with van der Waals surface area (Å²) in [6.45, 7) is 0. The number of rotatable bonds is 1. The number of nitrogens with zero attached hydrogens (tertiary/aromatic N) is 2. The van der Waals surface area contributed by atoms with Crippen LogP contribution in [0, 0.1) is 0 Å². The minimum Gasteiger partial charge on any atom is -0.399 e. The summed E-state index contributed by atoms with van der Waals surface area (Å²) in [6, 6.07) is 6.58. The van der Waals surface area contributed by atoms with Gasteiger partial charge >= 0.3 is 0 Å². The molecule has 0 saturated carbocycles. The molecule has 3 heteroatoms. The molecule has 0 radical (unpaired) electrons. The molecule has 0 aliphatic rings. The third-order valence-electron chi connectivity index (χ3n) is 1.51. The number of aromatic nitrogens is 2. The van der Waals surface area contributed by atoms with Crippen molar-refractivity contribution >= 4 is 5.69 Å². The van der Waals surface area contributed by atoms with Gasteiger partial charge in [-0.25, -0.2) is 4.68 Å². The Morgan fingerprint density at radius 2 is 2.08 bits per heavy atom. The summed E-state index contributed by atoms with van der Waals surface area (Å²) in [5, 5.41) is 3.78. The van der Waals surface area contributed by atoms with Crippen molar-refractivity contribution in [2.75, 3.05) is 5.73 Å². The first-order valence-electron chi connectivity index (χ1n) is 4.98. The van der Waals surface area contributed by atoms with Gasteiger partial charge in [0.1, 0.15) is 0 Å². The zero-order chi connectivity index (χ0) is 11.0. The lowest BCUT2D eigenvalue weighted by Gasteiger charge is -2.00. The highest BCUT2D eigenvalue weighted by Gasteiger charge is 1.93. The molecular formula is C9H9N3. The maximum Gasteiger partial charge on any atom is 0.0860 e. The molecule has 0 aliphatic heterocycles. The highest BCUT2D eigenvalue weighted by molar-refractivity contribution is 5.44. The first kappa shape index (κ1) is 4.30. The van der Waals surface area contributed by atoms with Crippen molar-refractivity contribution in [3.05, 3.63) is 42.7 Å². The van der Waals surface area contributed by atoms with Gasteiger partial charge in [0, 0.05) is 18.0 Å². The molecule has 0 unspecified atom stereocenters. The fourth-order valence-corrected chi connectivity index (χ4v) is 0.916. The van der Waals surface area contributed by atoms with Crippen LogP contribution in [0.5, 0.6) is 0 Å². The van der Waals surface area contributed by atoms with E-state index in [2.05, 4.69) is 5.10 Å². The summed E-state index contributed by atoms with van der Waals surface area (Å²) < 4.78 is 23.5. The number of hydrogen-bond acceptors (Lipinski definition) is 2. The van der Waals surface area contributed by atoms with Crippen LogP contribution >= 0.6 is 0 Å². The van der Waals surface area contributed by atoms with E-state index in [1.165, 1.54) is 4.68 Å². The van der Waals surface area contributed by atoms with Crippen molar-refractivity contribution < 1.29 is 4.11 Å². The van der Waals surface area contributed by atoms with E-state index in [4.69, 9.17) is 9.85 Å². The molecule has 60 valence electrons. The smallest absolute Gasteiger partial charge is 0.0860 e. The van der Waals surface area contributed by atoms with E-state index < -0.39 is 0 Å². The van der Waals surface area contributed by atoms with Crippen molar-refractivity contribution in [2.45, 2.75) is 0 Å². The second kappa shape index (κ2) is 2.70. The van der Waals surface area contributed by atoms with Crippen molar-refractivity contribution in [1.82, 2.24) is 9.78 Å². The largest absolute Gasteiger partial charge is 0.399 e. The molecule has 2 aromatic rings. The molecule has 0 amide bonds. The average Bonchev–Trinajstić information content (AvgIpc) is 2.47. The summed E-state index contributed by atoms with van der Waals surface area (Å²) in [7, 11) is 0. The Morgan fingerprint density at radius 1 is 1.33 bits per heavy atom. The van der Waals surface area contributed by atoms with Crippen molar-refractivity contribution in [3.63, 3.8) is 0 Å². The topological polar surface area (TPSA) is 43.8 Å². The number of anilines is 1. The molecule has 0 atom stereocenters. The summed E-state index contributed by atoms with van der Waals surface area (Å²) in [5.74, 6) is 0. The van der Waals surface area contributed by atoms with E-state index in [1.54, 1.807) is 24.3 Å². The van der Waals surface area contributed by atoms with E-state index in [0.29, 0.717) is 11.4 Å². The van der Waals surface area contributed by atoms with E-state index in [-0.39, 0.29) is 18.4 Å². The second-order valence-corrected chi connectivity index (χ2v) is 2.35. The Labute approximate surface area is 74.7 Å². The molecule has 0 bridgehead atoms. The zero-order valence-corrected chi connectivity index (χ0v) is 6.28. The molecule has 1 aromatic heterocycles. The van der Waals surface area contributed by atoms with Crippen LogP contribution in [0.15, 0.2) is 42.7 Å². The third kappa shape index (κ3) is 1.16. The molecule has 2 N–H and O–H groups in total. The van der Waals surface area contributed by atoms with Crippen LogP contribution in [0.2, 0.25) is 0 Å². The number of nitrogen functional groups attached to an aromatic ring is 1. The van der Waals surface area contributed by atoms with Crippen molar-refractivity contribution in [2.24, 2.45) is 0 Å². The van der Waals surface area contributed by atoms with Crippen molar-refractivity contribution in [3.8, 4) is 5.69 Å². The van der Waals surface area contributed by atoms with Gasteiger partial charge in [0.15, 0.2) is 0 Å². The summed E-state index contributed by atoms with van der Waals surface area (Å²) in [5.41, 5.74) is 6.77. The Bertz CT molecular complexity index is 490. The van der Waals surface area contributed by atoms with Gasteiger partial charge in [-0.3, -0.25) is 0 Å². The minimum atomic E-state index is -0.197. The van der Waals surface area contributed by atoms with Gasteiger partial charge in [-0.15, -0.1) is 0 Å². The van der Waals surface area contributed by atoms with Gasteiger partial charge in [0.05, 0.1) is 9.80 Å². The van der Waals surface area contributed by atoms with E-state index in [9.17, 15) is 0 Å². The van der Waals surface area contributed by atoms with Crippen LogP contribution in [-0.2, 0) is 0 Å². The van der Waals surface area contributed by atoms with Gasteiger partial charge in [0.25, 0.3) is 0 Å². The number of hydrogen-bond donors (Lipinski definition) is 1. The zero-order valence-electron chi connectivity index (χ0n) is 9.28. The van der Waals surface area contributed by atoms with Crippen LogP contribution in [0.3, 0.4) is 0 Å². The lowest BCUT2D eigenvalue weighted by Crippen LogP contribution is -1.94. The van der Waals surface area contributed by atoms with Crippen molar-refractivity contribution in [1.29, 1.82) is 0 Å². The molecule has 0 aliphatic carbocycles. The maximum absolute atomic E-state index is 7.57. The van der Waals surface area contributed by atoms with Crippen LogP contribution in [0.25, 0.3) is 5.69 Å². The predicted octanol–water partition coefficient (Wildman–Crippen LogP) is 1.45. The van der Waals surface area contributed by atoms with E-state index >= 15 is 0 Å². The Balaban J connectivity index is 2.54. The number of nitrogens with two attached hydrogens (primary N) is 1. The summed E-state index contributed by atoms with van der Waals surface area (Å²) in [6.07, 6.45) is -0.290. The lowest BCUT2D eigenvalue weighted by atomic mass is 10.3. The van der Waals surface area contributed by atoms with Gasteiger partial charge in [0.2, 0.25) is 0 Å². The fourth-order valence-electron chi connectivity index (χ4n) is 0.916. The minimum absolute atomic E-state index is 0.0928. The van der Waals surface area contributed by atoms with Crippen LogP contribution in [-0.4, -0.2) is 9.78 Å². The van der Waals surface area contributed by atoms with E-state index in [0.717, 1.165) is 0 Å². The molecule has 0 saturated heterocycles. The fraction of sp³-hybridized carbons (Fsp3) is 0. The average molecular weight is 162 g/mol. The Kier molecular flexibility index (Phi) is 0.967. The molecular weight excluding hydrogens is 150 g/mol. The van der Waals surface area contributed by atoms with Gasteiger partial charge in [-0.05, 0) is 30.3 Å². The molecule has 0 fully saturated rings. The highest BCUT2D eigenvalue weighted by atomic mass is 15.3. The second-order valence-electron chi connectivity index (χ2n) is 2.35. The molecule has 12 heavy (non-hydrogen) atoms. The van der Waals surface area contributed by atoms with Gasteiger partial charge in [-0.2, -0.15) is 5.10 Å². The normalized spacial score (nSPS) is 13.5. The van der Waals surface area contributed by atoms with E-state index in [1.807, 2.05) is 0 Å². The molecule has 1 aromatic carbocycles. The number of benzene rings is 1. The highest BCUT2D eigenvalue weighted by Crippen LogP contribution is 2.08. The molecule has 2 rings (SSSR count). The quantitative estimate of drug-likeness (QED) is 0.645. The van der Waals surface area contributed by atoms with Crippen LogP contribution in [0.4, 0.5) is 5.69 Å². The SMILES string of the molecule is [2H]c1nn(-c2ccc(N)cc2)c([2H])c1[2H]. The van der Waals surface area contributed by atoms with Crippen LogP contribution in [0.1, 0.15) is 4.11 Å². The first-order chi connectivity index (χ1) is 7.09. The maximum atomic E-state index is 7.57. The molecule has 3 nitrogen and oxygen atoms in total. The lowest BCUT2D eigenvalue weighted by molar-refractivity contribution is 0.881. The van der Waals surface area contributed by atoms with Gasteiger partial charge < -0.3 is 5.73 Å². The summed E-state index contributed by atoms with van der Waals surface area (Å²) >= 11 is 0.